The van der Waals surface area contributed by atoms with E-state index in [2.05, 4.69) is 65.2 Å². The largest absolute Gasteiger partial charge is 0.324 e. The summed E-state index contributed by atoms with van der Waals surface area (Å²) in [4.78, 5) is 0. The predicted octanol–water partition coefficient (Wildman–Crippen LogP) is 3.57. The zero-order valence-corrected chi connectivity index (χ0v) is 11.3. The van der Waals surface area contributed by atoms with Crippen LogP contribution in [0.5, 0.6) is 0 Å². The fourth-order valence-electron chi connectivity index (χ4n) is 1.58. The first-order chi connectivity index (χ1) is 7.14. The van der Waals surface area contributed by atoms with E-state index < -0.39 is 0 Å². The quantitative estimate of drug-likeness (QED) is 0.561. The number of rotatable bonds is 1. The molecule has 1 aromatic carbocycles. The fourth-order valence-corrected chi connectivity index (χ4v) is 1.58. The number of nitrogen functional groups attached to an aromatic ring is 1. The summed E-state index contributed by atoms with van der Waals surface area (Å²) in [6.07, 6.45) is 0. The number of anilines is 1. The first-order valence-electron chi connectivity index (χ1n) is 5.77. The molecule has 0 unspecified atom stereocenters. The van der Waals surface area contributed by atoms with Gasteiger partial charge < -0.3 is 5.43 Å². The summed E-state index contributed by atoms with van der Waals surface area (Å²) in [5, 5.41) is 0. The Morgan fingerprint density at radius 2 is 1.19 bits per heavy atom. The second kappa shape index (κ2) is 4.10. The van der Waals surface area contributed by atoms with E-state index in [1.54, 1.807) is 0 Å². The molecule has 0 saturated heterocycles. The molecule has 0 heterocycles. The van der Waals surface area contributed by atoms with Crippen molar-refractivity contribution in [1.29, 1.82) is 0 Å². The van der Waals surface area contributed by atoms with E-state index in [1.165, 1.54) is 11.1 Å². The van der Waals surface area contributed by atoms with Gasteiger partial charge in [-0.15, -0.1) is 0 Å². The molecule has 1 aromatic rings. The molecular weight excluding hydrogens is 196 g/mol. The van der Waals surface area contributed by atoms with Gasteiger partial charge in [0.05, 0.1) is 0 Å². The van der Waals surface area contributed by atoms with E-state index in [4.69, 9.17) is 5.84 Å². The molecule has 2 nitrogen and oxygen atoms in total. The van der Waals surface area contributed by atoms with E-state index >= 15 is 0 Å². The van der Waals surface area contributed by atoms with Crippen LogP contribution in [0.1, 0.15) is 52.7 Å². The molecule has 16 heavy (non-hydrogen) atoms. The summed E-state index contributed by atoms with van der Waals surface area (Å²) >= 11 is 0. The van der Waals surface area contributed by atoms with Crippen molar-refractivity contribution in [2.45, 2.75) is 52.4 Å². The molecule has 0 aliphatic heterocycles. The summed E-state index contributed by atoms with van der Waals surface area (Å²) in [6.45, 7) is 13.3. The lowest BCUT2D eigenvalue weighted by atomic mass is 9.80. The number of nitrogens with one attached hydrogen (secondary N) is 1. The van der Waals surface area contributed by atoms with Crippen LogP contribution in [-0.2, 0) is 10.8 Å². The summed E-state index contributed by atoms with van der Waals surface area (Å²) in [7, 11) is 0. The fraction of sp³-hybridized carbons (Fsp3) is 0.571. The van der Waals surface area contributed by atoms with Gasteiger partial charge in [-0.05, 0) is 34.1 Å². The molecule has 0 spiro atoms. The third-order valence-corrected chi connectivity index (χ3v) is 2.83. The zero-order valence-electron chi connectivity index (χ0n) is 11.3. The number of hydrogen-bond donors (Lipinski definition) is 2. The number of hydrazine groups is 1. The number of nitrogens with two attached hydrogens (primary N) is 1. The van der Waals surface area contributed by atoms with Crippen molar-refractivity contribution in [3.05, 3.63) is 29.3 Å². The van der Waals surface area contributed by atoms with Crippen LogP contribution < -0.4 is 11.3 Å². The minimum absolute atomic E-state index is 0.146. The van der Waals surface area contributed by atoms with Gasteiger partial charge >= 0.3 is 0 Å². The molecule has 0 radical (unpaired) electrons. The summed E-state index contributed by atoms with van der Waals surface area (Å²) in [5.41, 5.74) is 6.65. The Hall–Kier alpha value is -1.02. The molecule has 0 fully saturated rings. The van der Waals surface area contributed by atoms with Crippen LogP contribution in [0.4, 0.5) is 5.69 Å². The smallest absolute Gasteiger partial charge is 0.0490 e. The minimum Gasteiger partial charge on any atom is -0.324 e. The van der Waals surface area contributed by atoms with Crippen LogP contribution in [0.3, 0.4) is 0 Å². The van der Waals surface area contributed by atoms with E-state index in [9.17, 15) is 0 Å². The lowest BCUT2D eigenvalue weighted by molar-refractivity contribution is 0.569. The van der Waals surface area contributed by atoms with Crippen LogP contribution in [0.25, 0.3) is 0 Å². The molecule has 2 heteroatoms. The topological polar surface area (TPSA) is 38.0 Å². The molecule has 3 N–H and O–H groups in total. The van der Waals surface area contributed by atoms with Crippen LogP contribution in [0.2, 0.25) is 0 Å². The van der Waals surface area contributed by atoms with Crippen molar-refractivity contribution in [2.24, 2.45) is 5.84 Å². The standard InChI is InChI=1S/C14H24N2/c1-13(2,3)10-7-11(14(4,5)6)9-12(8-10)16-15/h7-9,16H,15H2,1-6H3. The van der Waals surface area contributed by atoms with E-state index in [0.29, 0.717) is 0 Å². The van der Waals surface area contributed by atoms with E-state index in [-0.39, 0.29) is 10.8 Å². The third-order valence-electron chi connectivity index (χ3n) is 2.83. The second-order valence-corrected chi connectivity index (χ2v) is 6.44. The Balaban J connectivity index is 3.33. The Morgan fingerprint density at radius 1 is 0.812 bits per heavy atom. The highest BCUT2D eigenvalue weighted by Gasteiger charge is 2.20. The SMILES string of the molecule is CC(C)(C)c1cc(NN)cc(C(C)(C)C)c1. The van der Waals surface area contributed by atoms with Gasteiger partial charge in [0.25, 0.3) is 0 Å². The lowest BCUT2D eigenvalue weighted by Gasteiger charge is -2.26. The van der Waals surface area contributed by atoms with Crippen LogP contribution in [-0.4, -0.2) is 0 Å². The summed E-state index contributed by atoms with van der Waals surface area (Å²) in [6, 6.07) is 6.52. The highest BCUT2D eigenvalue weighted by atomic mass is 15.2. The first-order valence-corrected chi connectivity index (χ1v) is 5.77. The molecule has 0 aromatic heterocycles. The molecule has 0 atom stereocenters. The maximum Gasteiger partial charge on any atom is 0.0490 e. The normalized spacial score (nSPS) is 12.7. The van der Waals surface area contributed by atoms with Crippen LogP contribution >= 0.6 is 0 Å². The highest BCUT2D eigenvalue weighted by Crippen LogP contribution is 2.31. The van der Waals surface area contributed by atoms with Crippen LogP contribution in [0.15, 0.2) is 18.2 Å². The number of hydrogen-bond acceptors (Lipinski definition) is 2. The van der Waals surface area contributed by atoms with Gasteiger partial charge in [-0.2, -0.15) is 0 Å². The predicted molar refractivity (Wildman–Crippen MR) is 71.7 cm³/mol. The Morgan fingerprint density at radius 3 is 1.44 bits per heavy atom. The van der Waals surface area contributed by atoms with Gasteiger partial charge in [-0.25, -0.2) is 0 Å². The van der Waals surface area contributed by atoms with E-state index in [1.807, 2.05) is 0 Å². The van der Waals surface area contributed by atoms with Crippen molar-refractivity contribution < 1.29 is 0 Å². The number of benzene rings is 1. The third kappa shape index (κ3) is 2.99. The van der Waals surface area contributed by atoms with Crippen molar-refractivity contribution in [3.63, 3.8) is 0 Å². The van der Waals surface area contributed by atoms with Crippen LogP contribution in [0, 0.1) is 0 Å². The molecule has 90 valence electrons. The molecule has 1 rings (SSSR count). The van der Waals surface area contributed by atoms with Gasteiger partial charge in [0.1, 0.15) is 0 Å². The lowest BCUT2D eigenvalue weighted by Crippen LogP contribution is -2.18. The van der Waals surface area contributed by atoms with E-state index in [0.717, 1.165) is 5.69 Å². The van der Waals surface area contributed by atoms with Crippen molar-refractivity contribution in [2.75, 3.05) is 5.43 Å². The molecule has 0 saturated carbocycles. The maximum absolute atomic E-state index is 5.52. The van der Waals surface area contributed by atoms with Gasteiger partial charge in [-0.1, -0.05) is 47.6 Å². The molecule has 0 aliphatic rings. The summed E-state index contributed by atoms with van der Waals surface area (Å²) in [5.74, 6) is 5.52. The molecule has 0 bridgehead atoms. The average Bonchev–Trinajstić information content (AvgIpc) is 2.14. The molecule has 0 amide bonds. The Kier molecular flexibility index (Phi) is 3.34. The highest BCUT2D eigenvalue weighted by molar-refractivity contribution is 5.51. The Labute approximate surface area is 99.2 Å². The van der Waals surface area contributed by atoms with Gasteiger partial charge in [0.15, 0.2) is 0 Å². The zero-order chi connectivity index (χ0) is 12.6. The maximum atomic E-state index is 5.52. The monoisotopic (exact) mass is 220 g/mol. The average molecular weight is 220 g/mol. The molecule has 0 aliphatic carbocycles. The second-order valence-electron chi connectivity index (χ2n) is 6.44. The van der Waals surface area contributed by atoms with Crippen molar-refractivity contribution in [1.82, 2.24) is 0 Å². The van der Waals surface area contributed by atoms with Crippen molar-refractivity contribution >= 4 is 5.69 Å². The summed E-state index contributed by atoms with van der Waals surface area (Å²) < 4.78 is 0. The Bertz CT molecular complexity index is 335. The van der Waals surface area contributed by atoms with Gasteiger partial charge in [-0.3, -0.25) is 5.84 Å². The van der Waals surface area contributed by atoms with Gasteiger partial charge in [0, 0.05) is 5.69 Å². The van der Waals surface area contributed by atoms with Crippen molar-refractivity contribution in [3.8, 4) is 0 Å². The minimum atomic E-state index is 0.146. The molecular formula is C14H24N2. The first kappa shape index (κ1) is 13.0. The van der Waals surface area contributed by atoms with Gasteiger partial charge in [0.2, 0.25) is 0 Å².